The third-order valence-corrected chi connectivity index (χ3v) is 11.3. The normalized spacial score (nSPS) is 11.5. The number of aryl methyl sites for hydroxylation is 2. The Labute approximate surface area is 336 Å². The van der Waals surface area contributed by atoms with Crippen molar-refractivity contribution >= 4 is 0 Å². The van der Waals surface area contributed by atoms with E-state index in [1.165, 1.54) is 204 Å². The molecule has 0 amide bonds. The highest BCUT2D eigenvalue weighted by Crippen LogP contribution is 2.15. The maximum Gasteiger partial charge on any atom is 0.169 e. The molecule has 310 valence electrons. The van der Waals surface area contributed by atoms with Crippen molar-refractivity contribution in [3.8, 4) is 0 Å². The zero-order valence-corrected chi connectivity index (χ0v) is 36.2. The molecular weight excluding hydrogens is 661 g/mol. The smallest absolute Gasteiger partial charge is 0.169 e. The minimum atomic E-state index is 0.722. The largest absolute Gasteiger partial charge is 0.377 e. The fourth-order valence-electron chi connectivity index (χ4n) is 7.59. The van der Waals surface area contributed by atoms with Crippen LogP contribution in [0.5, 0.6) is 0 Å². The summed E-state index contributed by atoms with van der Waals surface area (Å²) in [4.78, 5) is 0. The first kappa shape index (κ1) is 48.4. The van der Waals surface area contributed by atoms with Gasteiger partial charge in [-0.1, -0.05) is 181 Å². The number of unbranched alkanes of at least 4 members (excludes halogenated alkanes) is 29. The summed E-state index contributed by atoms with van der Waals surface area (Å²) >= 11 is 0. The van der Waals surface area contributed by atoms with Crippen molar-refractivity contribution < 1.29 is 18.6 Å². The molecule has 0 bridgehead atoms. The molecule has 2 aromatic heterocycles. The Morgan fingerprint density at radius 3 is 0.833 bits per heavy atom. The summed E-state index contributed by atoms with van der Waals surface area (Å²) < 4.78 is 16.6. The van der Waals surface area contributed by atoms with Gasteiger partial charge in [-0.05, 0) is 36.8 Å². The standard InChI is InChI=1S/C50H90N2O2/c1-3-5-7-9-11-13-15-17-19-21-23-25-27-31-39-51-41-35-49(36-42-51)47-53-45-33-29-30-34-46-54-48-50-37-43-52(44-38-50)40-32-28-26-24-22-20-18-16-14-12-10-8-6-4-2/h35-38,41-44H,3-34,39-40,45-48H2,1-2H3/q+2. The Morgan fingerprint density at radius 2 is 0.556 bits per heavy atom. The molecule has 54 heavy (non-hydrogen) atoms. The Bertz CT molecular complexity index is 940. The minimum Gasteiger partial charge on any atom is -0.377 e. The summed E-state index contributed by atoms with van der Waals surface area (Å²) in [5.41, 5.74) is 2.56. The van der Waals surface area contributed by atoms with E-state index in [4.69, 9.17) is 9.47 Å². The van der Waals surface area contributed by atoms with Gasteiger partial charge in [-0.3, -0.25) is 0 Å². The lowest BCUT2D eigenvalue weighted by atomic mass is 10.0. The summed E-state index contributed by atoms with van der Waals surface area (Å²) in [5.74, 6) is 0. The van der Waals surface area contributed by atoms with Crippen LogP contribution in [-0.4, -0.2) is 13.2 Å². The van der Waals surface area contributed by atoms with E-state index < -0.39 is 0 Å². The summed E-state index contributed by atoms with van der Waals surface area (Å²) in [6, 6.07) is 8.92. The fourth-order valence-corrected chi connectivity index (χ4v) is 7.59. The van der Waals surface area contributed by atoms with Crippen LogP contribution in [0.4, 0.5) is 0 Å². The molecular formula is C50H90N2O2+2. The summed E-state index contributed by atoms with van der Waals surface area (Å²) in [5, 5.41) is 0. The molecule has 0 fully saturated rings. The molecule has 2 aromatic rings. The number of hydrogen-bond donors (Lipinski definition) is 0. The quantitative estimate of drug-likeness (QED) is 0.0500. The van der Waals surface area contributed by atoms with Crippen LogP contribution in [0.2, 0.25) is 0 Å². The second-order valence-corrected chi connectivity index (χ2v) is 16.6. The number of nitrogens with zero attached hydrogens (tertiary/aromatic N) is 2. The van der Waals surface area contributed by atoms with E-state index in [2.05, 4.69) is 72.0 Å². The van der Waals surface area contributed by atoms with Crippen LogP contribution in [0.15, 0.2) is 49.1 Å². The lowest BCUT2D eigenvalue weighted by molar-refractivity contribution is -0.697. The van der Waals surface area contributed by atoms with Gasteiger partial charge in [0, 0.05) is 50.3 Å². The number of hydrogen-bond acceptors (Lipinski definition) is 2. The van der Waals surface area contributed by atoms with Crippen molar-refractivity contribution in [2.45, 2.75) is 246 Å². The zero-order valence-electron chi connectivity index (χ0n) is 36.2. The van der Waals surface area contributed by atoms with Gasteiger partial charge in [0.15, 0.2) is 24.8 Å². The molecule has 0 aliphatic heterocycles. The second kappa shape index (κ2) is 38.1. The molecule has 0 saturated heterocycles. The molecule has 0 N–H and O–H groups in total. The van der Waals surface area contributed by atoms with Crippen molar-refractivity contribution in [1.82, 2.24) is 0 Å². The van der Waals surface area contributed by atoms with E-state index in [0.717, 1.165) is 52.4 Å². The molecule has 0 aliphatic carbocycles. The average Bonchev–Trinajstić information content (AvgIpc) is 3.20. The van der Waals surface area contributed by atoms with Crippen LogP contribution in [-0.2, 0) is 35.8 Å². The molecule has 0 radical (unpaired) electrons. The van der Waals surface area contributed by atoms with Crippen molar-refractivity contribution in [3.05, 3.63) is 60.2 Å². The molecule has 2 rings (SSSR count). The van der Waals surface area contributed by atoms with Crippen LogP contribution in [0.1, 0.15) is 230 Å². The topological polar surface area (TPSA) is 26.2 Å². The van der Waals surface area contributed by atoms with E-state index in [1.54, 1.807) is 0 Å². The van der Waals surface area contributed by atoms with Gasteiger partial charge in [-0.25, -0.2) is 9.13 Å². The first-order chi connectivity index (χ1) is 26.8. The van der Waals surface area contributed by atoms with Gasteiger partial charge >= 0.3 is 0 Å². The molecule has 0 aliphatic rings. The SMILES string of the molecule is CCCCCCCCCCCCCCCC[n+]1ccc(COCCCCCCOCc2cc[n+](CCCCCCCCCCCCCCCC)cc2)cc1. The highest BCUT2D eigenvalue weighted by molar-refractivity contribution is 5.06. The maximum absolute atomic E-state index is 5.97. The Hall–Kier alpha value is -1.78. The number of ether oxygens (including phenoxy) is 2. The van der Waals surface area contributed by atoms with E-state index in [-0.39, 0.29) is 0 Å². The van der Waals surface area contributed by atoms with Gasteiger partial charge in [0.25, 0.3) is 0 Å². The summed E-state index contributed by atoms with van der Waals surface area (Å²) in [6.45, 7) is 10.00. The molecule has 0 unspecified atom stereocenters. The van der Waals surface area contributed by atoms with Crippen molar-refractivity contribution in [1.29, 1.82) is 0 Å². The summed E-state index contributed by atoms with van der Waals surface area (Å²) in [6.07, 6.45) is 53.2. The molecule has 0 spiro atoms. The highest BCUT2D eigenvalue weighted by Gasteiger charge is 2.04. The van der Waals surface area contributed by atoms with E-state index in [9.17, 15) is 0 Å². The second-order valence-electron chi connectivity index (χ2n) is 16.6. The predicted molar refractivity (Wildman–Crippen MR) is 232 cm³/mol. The van der Waals surface area contributed by atoms with Crippen LogP contribution in [0.3, 0.4) is 0 Å². The lowest BCUT2D eigenvalue weighted by Gasteiger charge is -2.06. The monoisotopic (exact) mass is 751 g/mol. The molecule has 0 atom stereocenters. The van der Waals surface area contributed by atoms with E-state index in [0.29, 0.717) is 0 Å². The van der Waals surface area contributed by atoms with Crippen LogP contribution < -0.4 is 9.13 Å². The molecule has 4 heteroatoms. The van der Waals surface area contributed by atoms with E-state index >= 15 is 0 Å². The minimum absolute atomic E-state index is 0.722. The maximum atomic E-state index is 5.97. The van der Waals surface area contributed by atoms with Gasteiger partial charge in [0.05, 0.1) is 13.2 Å². The molecule has 2 heterocycles. The highest BCUT2D eigenvalue weighted by atomic mass is 16.5. The molecule has 4 nitrogen and oxygen atoms in total. The Balaban J connectivity index is 1.31. The first-order valence-electron chi connectivity index (χ1n) is 23.9. The van der Waals surface area contributed by atoms with Gasteiger partial charge in [-0.15, -0.1) is 0 Å². The molecule has 0 saturated carbocycles. The van der Waals surface area contributed by atoms with E-state index in [1.807, 2.05) is 0 Å². The third kappa shape index (κ3) is 30.4. The Kier molecular flexibility index (Phi) is 34.1. The Morgan fingerprint density at radius 1 is 0.315 bits per heavy atom. The van der Waals surface area contributed by atoms with Crippen LogP contribution >= 0.6 is 0 Å². The summed E-state index contributed by atoms with van der Waals surface area (Å²) in [7, 11) is 0. The predicted octanol–water partition coefficient (Wildman–Crippen LogP) is 14.5. The fraction of sp³-hybridized carbons (Fsp3) is 0.800. The number of aromatic nitrogens is 2. The average molecular weight is 751 g/mol. The van der Waals surface area contributed by atoms with Gasteiger partial charge in [-0.2, -0.15) is 0 Å². The first-order valence-corrected chi connectivity index (χ1v) is 23.9. The van der Waals surface area contributed by atoms with Gasteiger partial charge < -0.3 is 9.47 Å². The van der Waals surface area contributed by atoms with Crippen LogP contribution in [0.25, 0.3) is 0 Å². The van der Waals surface area contributed by atoms with Gasteiger partial charge in [0.1, 0.15) is 13.1 Å². The van der Waals surface area contributed by atoms with Crippen molar-refractivity contribution in [2.24, 2.45) is 0 Å². The van der Waals surface area contributed by atoms with Crippen LogP contribution in [0, 0.1) is 0 Å². The number of rotatable bonds is 41. The molecule has 0 aromatic carbocycles. The lowest BCUT2D eigenvalue weighted by Crippen LogP contribution is -2.32. The van der Waals surface area contributed by atoms with Gasteiger partial charge in [0.2, 0.25) is 0 Å². The van der Waals surface area contributed by atoms with Crippen molar-refractivity contribution in [2.75, 3.05) is 13.2 Å². The zero-order chi connectivity index (χ0) is 38.3. The van der Waals surface area contributed by atoms with Crippen molar-refractivity contribution in [3.63, 3.8) is 0 Å². The third-order valence-electron chi connectivity index (χ3n) is 11.3. The number of pyridine rings is 2.